The molecule has 2 nitrogen and oxygen atoms in total. The number of ether oxygens (including phenoxy) is 2. The Morgan fingerprint density at radius 2 is 1.23 bits per heavy atom. The molecule has 0 saturated heterocycles. The molecule has 0 aliphatic rings. The average molecular weight is 294 g/mol. The van der Waals surface area contributed by atoms with E-state index in [0.717, 1.165) is 28.4 Å². The second-order valence-corrected chi connectivity index (χ2v) is 5.38. The van der Waals surface area contributed by atoms with Crippen LogP contribution in [0.25, 0.3) is 11.1 Å². The molecule has 2 aromatic carbocycles. The van der Waals surface area contributed by atoms with Crippen LogP contribution in [0.1, 0.15) is 20.8 Å². The van der Waals surface area contributed by atoms with E-state index in [1.165, 1.54) is 5.57 Å². The Kier molecular flexibility index (Phi) is 5.42. The standard InChI is InChI=1S/C20H22O2/c1-15(2)5-6-16(3)22-20-13-9-18(10-14-20)17-7-11-19(21-4)12-8-17/h5-14H,1-4H3/b16-6+. The molecule has 0 fully saturated rings. The monoisotopic (exact) mass is 294 g/mol. The highest BCUT2D eigenvalue weighted by atomic mass is 16.5. The first-order valence-corrected chi connectivity index (χ1v) is 7.32. The molecule has 114 valence electrons. The van der Waals surface area contributed by atoms with E-state index in [1.54, 1.807) is 7.11 Å². The summed E-state index contributed by atoms with van der Waals surface area (Å²) < 4.78 is 11.0. The average Bonchev–Trinajstić information content (AvgIpc) is 2.54. The summed E-state index contributed by atoms with van der Waals surface area (Å²) in [5.41, 5.74) is 3.56. The van der Waals surface area contributed by atoms with Crippen LogP contribution in [0.15, 0.2) is 72.0 Å². The lowest BCUT2D eigenvalue weighted by Gasteiger charge is -2.07. The van der Waals surface area contributed by atoms with Crippen molar-refractivity contribution in [3.8, 4) is 22.6 Å². The van der Waals surface area contributed by atoms with Gasteiger partial charge in [-0.15, -0.1) is 0 Å². The second-order valence-electron chi connectivity index (χ2n) is 5.38. The molecule has 0 saturated carbocycles. The van der Waals surface area contributed by atoms with Crippen LogP contribution in [0, 0.1) is 0 Å². The molecule has 2 rings (SSSR count). The highest BCUT2D eigenvalue weighted by Gasteiger charge is 2.00. The summed E-state index contributed by atoms with van der Waals surface area (Å²) in [7, 11) is 1.67. The van der Waals surface area contributed by atoms with Crippen molar-refractivity contribution in [2.75, 3.05) is 7.11 Å². The SMILES string of the molecule is COc1ccc(-c2ccc(O/C(C)=C/C=C(C)C)cc2)cc1. The molecule has 22 heavy (non-hydrogen) atoms. The third kappa shape index (κ3) is 4.52. The number of benzene rings is 2. The molecule has 0 atom stereocenters. The fourth-order valence-corrected chi connectivity index (χ4v) is 2.00. The molecular weight excluding hydrogens is 272 g/mol. The Labute approximate surface area is 132 Å². The summed E-state index contributed by atoms with van der Waals surface area (Å²) in [6, 6.07) is 16.1. The molecule has 2 heteroatoms. The summed E-state index contributed by atoms with van der Waals surface area (Å²) in [5.74, 6) is 2.58. The molecule has 0 aliphatic heterocycles. The van der Waals surface area contributed by atoms with Crippen molar-refractivity contribution in [3.05, 3.63) is 72.0 Å². The molecule has 0 unspecified atom stereocenters. The zero-order chi connectivity index (χ0) is 15.9. The van der Waals surface area contributed by atoms with E-state index in [1.807, 2.05) is 43.3 Å². The van der Waals surface area contributed by atoms with Crippen LogP contribution in [-0.4, -0.2) is 7.11 Å². The zero-order valence-electron chi connectivity index (χ0n) is 13.6. The van der Waals surface area contributed by atoms with Crippen molar-refractivity contribution < 1.29 is 9.47 Å². The van der Waals surface area contributed by atoms with Gasteiger partial charge in [-0.3, -0.25) is 0 Å². The number of allylic oxidation sites excluding steroid dienone is 4. The Balaban J connectivity index is 2.09. The van der Waals surface area contributed by atoms with Crippen LogP contribution in [0.3, 0.4) is 0 Å². The first-order valence-electron chi connectivity index (χ1n) is 7.32. The van der Waals surface area contributed by atoms with Crippen LogP contribution in [-0.2, 0) is 0 Å². The van der Waals surface area contributed by atoms with Crippen LogP contribution >= 0.6 is 0 Å². The van der Waals surface area contributed by atoms with Gasteiger partial charge in [0, 0.05) is 0 Å². The van der Waals surface area contributed by atoms with E-state index in [-0.39, 0.29) is 0 Å². The quantitative estimate of drug-likeness (QED) is 0.527. The van der Waals surface area contributed by atoms with Gasteiger partial charge in [-0.1, -0.05) is 35.9 Å². The van der Waals surface area contributed by atoms with Crippen molar-refractivity contribution >= 4 is 0 Å². The Bertz CT molecular complexity index is 658. The fraction of sp³-hybridized carbons (Fsp3) is 0.200. The van der Waals surface area contributed by atoms with Crippen molar-refractivity contribution in [1.29, 1.82) is 0 Å². The van der Waals surface area contributed by atoms with Gasteiger partial charge < -0.3 is 9.47 Å². The number of hydrogen-bond acceptors (Lipinski definition) is 2. The first kappa shape index (κ1) is 15.9. The largest absolute Gasteiger partial charge is 0.497 e. The maximum Gasteiger partial charge on any atom is 0.126 e. The lowest BCUT2D eigenvalue weighted by atomic mass is 10.1. The lowest BCUT2D eigenvalue weighted by Crippen LogP contribution is -1.90. The highest BCUT2D eigenvalue weighted by molar-refractivity contribution is 5.64. The van der Waals surface area contributed by atoms with E-state index in [9.17, 15) is 0 Å². The van der Waals surface area contributed by atoms with E-state index in [0.29, 0.717) is 0 Å². The predicted molar refractivity (Wildman–Crippen MR) is 92.2 cm³/mol. The van der Waals surface area contributed by atoms with Gasteiger partial charge >= 0.3 is 0 Å². The van der Waals surface area contributed by atoms with E-state index < -0.39 is 0 Å². The molecule has 0 aliphatic carbocycles. The molecule has 0 radical (unpaired) electrons. The summed E-state index contributed by atoms with van der Waals surface area (Å²) >= 11 is 0. The molecule has 0 bridgehead atoms. The Hall–Kier alpha value is -2.48. The van der Waals surface area contributed by atoms with Crippen molar-refractivity contribution in [1.82, 2.24) is 0 Å². The first-order chi connectivity index (χ1) is 10.6. The summed E-state index contributed by atoms with van der Waals surface area (Å²) in [6.45, 7) is 6.08. The van der Waals surface area contributed by atoms with Gasteiger partial charge in [0.05, 0.1) is 7.11 Å². The molecule has 0 amide bonds. The Morgan fingerprint density at radius 1 is 0.727 bits per heavy atom. The third-order valence-electron chi connectivity index (χ3n) is 3.21. The topological polar surface area (TPSA) is 18.5 Å². The second kappa shape index (κ2) is 7.51. The van der Waals surface area contributed by atoms with Crippen molar-refractivity contribution in [3.63, 3.8) is 0 Å². The predicted octanol–water partition coefficient (Wildman–Crippen LogP) is 5.61. The summed E-state index contributed by atoms with van der Waals surface area (Å²) in [4.78, 5) is 0. The van der Waals surface area contributed by atoms with Crippen LogP contribution in [0.2, 0.25) is 0 Å². The van der Waals surface area contributed by atoms with Crippen molar-refractivity contribution in [2.45, 2.75) is 20.8 Å². The lowest BCUT2D eigenvalue weighted by molar-refractivity contribution is 0.415. The van der Waals surface area contributed by atoms with Gasteiger partial charge in [-0.05, 0) is 62.2 Å². The fourth-order valence-electron chi connectivity index (χ4n) is 2.00. The van der Waals surface area contributed by atoms with E-state index >= 15 is 0 Å². The van der Waals surface area contributed by atoms with Crippen molar-refractivity contribution in [2.24, 2.45) is 0 Å². The number of methoxy groups -OCH3 is 1. The maximum absolute atomic E-state index is 5.79. The number of hydrogen-bond donors (Lipinski definition) is 0. The molecule has 0 aromatic heterocycles. The molecule has 0 N–H and O–H groups in total. The van der Waals surface area contributed by atoms with E-state index in [2.05, 4.69) is 38.1 Å². The minimum atomic E-state index is 0.841. The number of rotatable bonds is 5. The van der Waals surface area contributed by atoms with Gasteiger partial charge in [0.15, 0.2) is 0 Å². The zero-order valence-corrected chi connectivity index (χ0v) is 13.6. The van der Waals surface area contributed by atoms with Gasteiger partial charge in [-0.25, -0.2) is 0 Å². The molecular formula is C20H22O2. The summed E-state index contributed by atoms with van der Waals surface area (Å²) in [6.07, 6.45) is 4.02. The molecule has 0 spiro atoms. The normalized spacial score (nSPS) is 11.0. The summed E-state index contributed by atoms with van der Waals surface area (Å²) in [5, 5.41) is 0. The minimum Gasteiger partial charge on any atom is -0.497 e. The van der Waals surface area contributed by atoms with Crippen LogP contribution in [0.5, 0.6) is 11.5 Å². The van der Waals surface area contributed by atoms with Gasteiger partial charge in [-0.2, -0.15) is 0 Å². The van der Waals surface area contributed by atoms with Crippen LogP contribution < -0.4 is 9.47 Å². The maximum atomic E-state index is 5.79. The minimum absolute atomic E-state index is 0.841. The molecule has 2 aromatic rings. The van der Waals surface area contributed by atoms with Crippen LogP contribution in [0.4, 0.5) is 0 Å². The third-order valence-corrected chi connectivity index (χ3v) is 3.21. The van der Waals surface area contributed by atoms with E-state index in [4.69, 9.17) is 9.47 Å². The van der Waals surface area contributed by atoms with Gasteiger partial charge in [0.1, 0.15) is 17.3 Å². The van der Waals surface area contributed by atoms with Gasteiger partial charge in [0.25, 0.3) is 0 Å². The highest BCUT2D eigenvalue weighted by Crippen LogP contribution is 2.25. The molecule has 0 heterocycles. The Morgan fingerprint density at radius 3 is 1.68 bits per heavy atom. The smallest absolute Gasteiger partial charge is 0.126 e. The van der Waals surface area contributed by atoms with Gasteiger partial charge in [0.2, 0.25) is 0 Å².